The molecule has 1 aliphatic rings. The summed E-state index contributed by atoms with van der Waals surface area (Å²) in [5.74, 6) is 0.0360. The summed E-state index contributed by atoms with van der Waals surface area (Å²) in [7, 11) is -3.52. The van der Waals surface area contributed by atoms with Gasteiger partial charge in [0.15, 0.2) is 6.10 Å². The number of benzene rings is 2. The number of sulfonamides is 1. The normalized spacial score (nSPS) is 16.0. The van der Waals surface area contributed by atoms with Gasteiger partial charge in [0.1, 0.15) is 5.75 Å². The molecule has 7 nitrogen and oxygen atoms in total. The Morgan fingerprint density at radius 1 is 1.14 bits per heavy atom. The van der Waals surface area contributed by atoms with Crippen molar-refractivity contribution in [2.75, 3.05) is 35.1 Å². The van der Waals surface area contributed by atoms with Crippen LogP contribution >= 0.6 is 0 Å². The van der Waals surface area contributed by atoms with Gasteiger partial charge in [-0.05, 0) is 43.7 Å². The van der Waals surface area contributed by atoms with Crippen LogP contribution in [0.2, 0.25) is 0 Å². The molecule has 1 amide bonds. The zero-order valence-electron chi connectivity index (χ0n) is 17.0. The van der Waals surface area contributed by atoms with E-state index in [1.807, 2.05) is 24.3 Å². The van der Waals surface area contributed by atoms with Gasteiger partial charge in [0.05, 0.1) is 18.5 Å². The van der Waals surface area contributed by atoms with Gasteiger partial charge >= 0.3 is 0 Å². The van der Waals surface area contributed by atoms with E-state index in [-0.39, 0.29) is 12.5 Å². The van der Waals surface area contributed by atoms with E-state index in [0.717, 1.165) is 30.6 Å². The molecule has 1 atom stereocenters. The molecule has 0 fully saturated rings. The van der Waals surface area contributed by atoms with Gasteiger partial charge in [-0.2, -0.15) is 0 Å². The second-order valence-corrected chi connectivity index (χ2v) is 8.83. The standard InChI is InChI=1S/C21H27N3O4S/c1-4-23(5-2)17-12-10-16(11-13-17)14-22-21(25)20-15-24(29(3,26)27)18-8-6-7-9-19(18)28-20/h6-13,20H,4-5,14-15H2,1-3H3,(H,22,25). The summed E-state index contributed by atoms with van der Waals surface area (Å²) in [4.78, 5) is 14.9. The van der Waals surface area contributed by atoms with Crippen molar-refractivity contribution >= 4 is 27.3 Å². The Bertz CT molecular complexity index is 956. The van der Waals surface area contributed by atoms with Crippen molar-refractivity contribution in [2.24, 2.45) is 0 Å². The van der Waals surface area contributed by atoms with Gasteiger partial charge in [-0.1, -0.05) is 24.3 Å². The number of nitrogens with one attached hydrogen (secondary N) is 1. The Balaban J connectivity index is 1.67. The fourth-order valence-electron chi connectivity index (χ4n) is 3.37. The Morgan fingerprint density at radius 3 is 2.41 bits per heavy atom. The predicted molar refractivity (Wildman–Crippen MR) is 115 cm³/mol. The maximum atomic E-state index is 12.7. The lowest BCUT2D eigenvalue weighted by Crippen LogP contribution is -2.50. The van der Waals surface area contributed by atoms with Crippen molar-refractivity contribution in [3.05, 3.63) is 54.1 Å². The van der Waals surface area contributed by atoms with Crippen molar-refractivity contribution in [3.8, 4) is 5.75 Å². The minimum atomic E-state index is -3.52. The van der Waals surface area contributed by atoms with Gasteiger partial charge in [-0.15, -0.1) is 0 Å². The molecule has 0 aromatic heterocycles. The van der Waals surface area contributed by atoms with Crippen LogP contribution in [-0.4, -0.2) is 46.3 Å². The first kappa shape index (κ1) is 21.0. The van der Waals surface area contributed by atoms with Crippen LogP contribution in [0.1, 0.15) is 19.4 Å². The number of hydrogen-bond acceptors (Lipinski definition) is 5. The van der Waals surface area contributed by atoms with Gasteiger partial charge in [-0.3, -0.25) is 9.10 Å². The van der Waals surface area contributed by atoms with Gasteiger partial charge in [0, 0.05) is 25.3 Å². The second-order valence-electron chi connectivity index (χ2n) is 6.92. The summed E-state index contributed by atoms with van der Waals surface area (Å²) in [5, 5.41) is 2.85. The van der Waals surface area contributed by atoms with Gasteiger partial charge in [0.25, 0.3) is 5.91 Å². The van der Waals surface area contributed by atoms with Gasteiger partial charge in [-0.25, -0.2) is 8.42 Å². The molecule has 0 bridgehead atoms. The average Bonchev–Trinajstić information content (AvgIpc) is 2.72. The molecule has 0 aliphatic carbocycles. The smallest absolute Gasteiger partial charge is 0.263 e. The van der Waals surface area contributed by atoms with Crippen molar-refractivity contribution in [3.63, 3.8) is 0 Å². The monoisotopic (exact) mass is 417 g/mol. The first-order valence-electron chi connectivity index (χ1n) is 9.68. The minimum Gasteiger partial charge on any atom is -0.476 e. The molecule has 1 aliphatic heterocycles. The molecule has 1 unspecified atom stereocenters. The fourth-order valence-corrected chi connectivity index (χ4v) is 4.28. The number of amides is 1. The van der Waals surface area contributed by atoms with Crippen LogP contribution < -0.4 is 19.3 Å². The van der Waals surface area contributed by atoms with E-state index in [1.54, 1.807) is 24.3 Å². The number of para-hydroxylation sites is 2. The Hall–Kier alpha value is -2.74. The molecule has 8 heteroatoms. The number of ether oxygens (including phenoxy) is 1. The molecule has 2 aromatic carbocycles. The summed E-state index contributed by atoms with van der Waals surface area (Å²) in [6.45, 7) is 6.38. The maximum absolute atomic E-state index is 12.7. The Morgan fingerprint density at radius 2 is 1.79 bits per heavy atom. The number of carbonyl (C=O) groups excluding carboxylic acids is 1. The van der Waals surface area contributed by atoms with Crippen LogP contribution in [0.3, 0.4) is 0 Å². The van der Waals surface area contributed by atoms with Gasteiger partial charge in [0.2, 0.25) is 10.0 Å². The maximum Gasteiger partial charge on any atom is 0.263 e. The van der Waals surface area contributed by atoms with Crippen molar-refractivity contribution in [2.45, 2.75) is 26.5 Å². The van der Waals surface area contributed by atoms with E-state index in [1.165, 1.54) is 4.31 Å². The number of nitrogens with zero attached hydrogens (tertiary/aromatic N) is 2. The number of carbonyl (C=O) groups is 1. The quantitative estimate of drug-likeness (QED) is 0.748. The summed E-state index contributed by atoms with van der Waals surface area (Å²) < 4.78 is 31.3. The second kappa shape index (κ2) is 8.73. The SMILES string of the molecule is CCN(CC)c1ccc(CNC(=O)C2CN(S(C)(=O)=O)c3ccccc3O2)cc1. The van der Waals surface area contributed by atoms with Crippen LogP contribution in [0.25, 0.3) is 0 Å². The fraction of sp³-hybridized carbons (Fsp3) is 0.381. The summed E-state index contributed by atoms with van der Waals surface area (Å²) in [5.41, 5.74) is 2.55. The highest BCUT2D eigenvalue weighted by molar-refractivity contribution is 7.92. The van der Waals surface area contributed by atoms with E-state index in [0.29, 0.717) is 18.0 Å². The lowest BCUT2D eigenvalue weighted by molar-refractivity contribution is -0.127. The largest absolute Gasteiger partial charge is 0.476 e. The van der Waals surface area contributed by atoms with Crippen LogP contribution in [-0.2, 0) is 21.4 Å². The van der Waals surface area contributed by atoms with Crippen LogP contribution in [0.4, 0.5) is 11.4 Å². The molecule has 1 N–H and O–H groups in total. The third-order valence-electron chi connectivity index (χ3n) is 4.96. The van der Waals surface area contributed by atoms with E-state index in [4.69, 9.17) is 4.74 Å². The Kier molecular flexibility index (Phi) is 6.32. The molecule has 29 heavy (non-hydrogen) atoms. The van der Waals surface area contributed by atoms with Crippen molar-refractivity contribution in [1.29, 1.82) is 0 Å². The summed E-state index contributed by atoms with van der Waals surface area (Å²) >= 11 is 0. The molecular formula is C21H27N3O4S. The van der Waals surface area contributed by atoms with E-state index in [9.17, 15) is 13.2 Å². The van der Waals surface area contributed by atoms with Crippen LogP contribution in [0, 0.1) is 0 Å². The number of hydrogen-bond donors (Lipinski definition) is 1. The molecule has 156 valence electrons. The van der Waals surface area contributed by atoms with E-state index in [2.05, 4.69) is 24.1 Å². The predicted octanol–water partition coefficient (Wildman–Crippen LogP) is 2.38. The number of fused-ring (bicyclic) bond motifs is 1. The Labute approximate surface area is 172 Å². The highest BCUT2D eigenvalue weighted by Gasteiger charge is 2.34. The molecule has 0 spiro atoms. The molecule has 0 saturated heterocycles. The van der Waals surface area contributed by atoms with Crippen molar-refractivity contribution in [1.82, 2.24) is 5.32 Å². The highest BCUT2D eigenvalue weighted by Crippen LogP contribution is 2.34. The summed E-state index contributed by atoms with van der Waals surface area (Å²) in [6, 6.07) is 14.8. The third kappa shape index (κ3) is 4.82. The number of anilines is 2. The molecular weight excluding hydrogens is 390 g/mol. The first-order chi connectivity index (χ1) is 13.8. The van der Waals surface area contributed by atoms with E-state index >= 15 is 0 Å². The van der Waals surface area contributed by atoms with Crippen molar-refractivity contribution < 1.29 is 17.9 Å². The lowest BCUT2D eigenvalue weighted by atomic mass is 10.1. The highest BCUT2D eigenvalue weighted by atomic mass is 32.2. The third-order valence-corrected chi connectivity index (χ3v) is 6.11. The summed E-state index contributed by atoms with van der Waals surface area (Å²) in [6.07, 6.45) is 0.219. The molecule has 2 aromatic rings. The topological polar surface area (TPSA) is 79.0 Å². The molecule has 1 heterocycles. The first-order valence-corrected chi connectivity index (χ1v) is 11.5. The molecule has 0 saturated carbocycles. The van der Waals surface area contributed by atoms with E-state index < -0.39 is 16.1 Å². The lowest BCUT2D eigenvalue weighted by Gasteiger charge is -2.33. The van der Waals surface area contributed by atoms with Gasteiger partial charge < -0.3 is 15.0 Å². The number of rotatable bonds is 7. The zero-order valence-corrected chi connectivity index (χ0v) is 17.8. The average molecular weight is 418 g/mol. The molecule has 0 radical (unpaired) electrons. The molecule has 3 rings (SSSR count). The van der Waals surface area contributed by atoms with Crippen LogP contribution in [0.15, 0.2) is 48.5 Å². The van der Waals surface area contributed by atoms with Crippen LogP contribution in [0.5, 0.6) is 5.75 Å². The minimum absolute atomic E-state index is 0.0530. The zero-order chi connectivity index (χ0) is 21.0.